The number of allylic oxidation sites excluding steroid dienone is 2. The van der Waals surface area contributed by atoms with Crippen molar-refractivity contribution >= 4 is 22.8 Å². The van der Waals surface area contributed by atoms with Crippen LogP contribution in [0.3, 0.4) is 0 Å². The lowest BCUT2D eigenvalue weighted by Gasteiger charge is -2.23. The average Bonchev–Trinajstić information content (AvgIpc) is 3.33. The summed E-state index contributed by atoms with van der Waals surface area (Å²) in [6, 6.07) is 5.74. The number of thiazole rings is 1. The minimum atomic E-state index is -4.45. The summed E-state index contributed by atoms with van der Waals surface area (Å²) in [6.45, 7) is 0.0369. The van der Waals surface area contributed by atoms with Gasteiger partial charge in [0.1, 0.15) is 0 Å². The Balaban J connectivity index is 1.40. The number of amides is 1. The van der Waals surface area contributed by atoms with Crippen LogP contribution in [0.5, 0.6) is 0 Å². The van der Waals surface area contributed by atoms with E-state index in [0.717, 1.165) is 18.2 Å². The maximum Gasteiger partial charge on any atom is 0.443 e. The number of carbonyl (C=O) groups is 1. The van der Waals surface area contributed by atoms with Crippen LogP contribution in [-0.2, 0) is 19.1 Å². The SMILES string of the molecule is O=C(NCc1cnc(C(F)(F)F)s1)c1ccc2c(c1)CC=C2C1CCCCC1. The molecular weight excluding hydrogens is 385 g/mol. The number of hydrogen-bond donors (Lipinski definition) is 1. The van der Waals surface area contributed by atoms with Gasteiger partial charge in [-0.25, -0.2) is 4.98 Å². The first-order valence-corrected chi connectivity index (χ1v) is 10.4. The molecule has 0 spiro atoms. The Kier molecular flexibility index (Phi) is 5.27. The van der Waals surface area contributed by atoms with Crippen LogP contribution in [0.1, 0.15) is 63.5 Å². The highest BCUT2D eigenvalue weighted by Gasteiger charge is 2.34. The third-order valence-electron chi connectivity index (χ3n) is 5.48. The maximum absolute atomic E-state index is 12.6. The summed E-state index contributed by atoms with van der Waals surface area (Å²) in [7, 11) is 0. The number of carbonyl (C=O) groups excluding carboxylic acids is 1. The summed E-state index contributed by atoms with van der Waals surface area (Å²) < 4.78 is 37.8. The number of hydrogen-bond acceptors (Lipinski definition) is 3. The number of nitrogens with zero attached hydrogens (tertiary/aromatic N) is 1. The van der Waals surface area contributed by atoms with E-state index < -0.39 is 11.2 Å². The van der Waals surface area contributed by atoms with E-state index in [1.165, 1.54) is 43.2 Å². The highest BCUT2D eigenvalue weighted by Crippen LogP contribution is 2.40. The van der Waals surface area contributed by atoms with E-state index in [1.54, 1.807) is 0 Å². The second-order valence-electron chi connectivity index (χ2n) is 7.38. The van der Waals surface area contributed by atoms with Crippen molar-refractivity contribution in [1.29, 1.82) is 0 Å². The smallest absolute Gasteiger partial charge is 0.347 e. The van der Waals surface area contributed by atoms with Crippen LogP contribution in [0.4, 0.5) is 13.2 Å². The van der Waals surface area contributed by atoms with Crippen molar-refractivity contribution in [3.63, 3.8) is 0 Å². The first kappa shape index (κ1) is 19.2. The Labute approximate surface area is 165 Å². The largest absolute Gasteiger partial charge is 0.443 e. The molecule has 2 aromatic rings. The molecule has 2 aliphatic rings. The fourth-order valence-corrected chi connectivity index (χ4v) is 4.82. The van der Waals surface area contributed by atoms with Crippen molar-refractivity contribution in [2.45, 2.75) is 51.2 Å². The van der Waals surface area contributed by atoms with Crippen molar-refractivity contribution in [1.82, 2.24) is 10.3 Å². The van der Waals surface area contributed by atoms with Crippen LogP contribution in [-0.4, -0.2) is 10.9 Å². The lowest BCUT2D eigenvalue weighted by Crippen LogP contribution is -2.22. The number of alkyl halides is 3. The van der Waals surface area contributed by atoms with Crippen molar-refractivity contribution in [2.24, 2.45) is 5.92 Å². The molecule has 28 heavy (non-hydrogen) atoms. The van der Waals surface area contributed by atoms with E-state index in [9.17, 15) is 18.0 Å². The summed E-state index contributed by atoms with van der Waals surface area (Å²) in [5.74, 6) is 0.347. The molecule has 0 bridgehead atoms. The zero-order chi connectivity index (χ0) is 19.7. The molecule has 1 saturated carbocycles. The van der Waals surface area contributed by atoms with Gasteiger partial charge in [-0.2, -0.15) is 13.2 Å². The van der Waals surface area contributed by atoms with Gasteiger partial charge in [0.15, 0.2) is 5.01 Å². The molecule has 0 atom stereocenters. The van der Waals surface area contributed by atoms with E-state index in [2.05, 4.69) is 16.4 Å². The first-order valence-electron chi connectivity index (χ1n) is 9.55. The second-order valence-corrected chi connectivity index (χ2v) is 8.50. The Bertz CT molecular complexity index is 911. The molecular formula is C21H21F3N2OS. The molecule has 1 amide bonds. The standard InChI is InChI=1S/C21H21F3N2OS/c22-21(23,24)20-26-12-16(28-20)11-25-19(27)15-7-9-18-14(10-15)6-8-17(18)13-4-2-1-3-5-13/h7-10,12-13H,1-6,11H2,(H,25,27). The van der Waals surface area contributed by atoms with Gasteiger partial charge in [-0.1, -0.05) is 31.4 Å². The van der Waals surface area contributed by atoms with Gasteiger partial charge in [0, 0.05) is 16.6 Å². The number of nitrogens with one attached hydrogen (secondary N) is 1. The van der Waals surface area contributed by atoms with E-state index >= 15 is 0 Å². The van der Waals surface area contributed by atoms with Gasteiger partial charge in [0.25, 0.3) is 5.91 Å². The number of benzene rings is 1. The van der Waals surface area contributed by atoms with Crippen LogP contribution >= 0.6 is 11.3 Å². The third kappa shape index (κ3) is 3.99. The number of aromatic nitrogens is 1. The van der Waals surface area contributed by atoms with Crippen LogP contribution in [0.2, 0.25) is 0 Å². The Morgan fingerprint density at radius 1 is 1.21 bits per heavy atom. The highest BCUT2D eigenvalue weighted by molar-refractivity contribution is 7.11. The second kappa shape index (κ2) is 7.70. The summed E-state index contributed by atoms with van der Waals surface area (Å²) in [6.07, 6.45) is 6.21. The number of rotatable bonds is 4. The minimum absolute atomic E-state index is 0.0369. The molecule has 1 fully saturated rings. The fourth-order valence-electron chi connectivity index (χ4n) is 4.11. The molecule has 0 saturated heterocycles. The molecule has 1 aromatic heterocycles. The first-order chi connectivity index (χ1) is 13.4. The van der Waals surface area contributed by atoms with Crippen molar-refractivity contribution < 1.29 is 18.0 Å². The molecule has 4 rings (SSSR count). The molecule has 3 nitrogen and oxygen atoms in total. The predicted octanol–water partition coefficient (Wildman–Crippen LogP) is 5.61. The quantitative estimate of drug-likeness (QED) is 0.717. The summed E-state index contributed by atoms with van der Waals surface area (Å²) in [5.41, 5.74) is 4.37. The summed E-state index contributed by atoms with van der Waals surface area (Å²) in [4.78, 5) is 16.2. The van der Waals surface area contributed by atoms with E-state index in [-0.39, 0.29) is 12.5 Å². The molecule has 2 aliphatic carbocycles. The normalized spacial score (nSPS) is 17.3. The predicted molar refractivity (Wildman–Crippen MR) is 103 cm³/mol. The van der Waals surface area contributed by atoms with Gasteiger partial charge in [-0.3, -0.25) is 4.79 Å². The molecule has 0 aliphatic heterocycles. The highest BCUT2D eigenvalue weighted by atomic mass is 32.1. The van der Waals surface area contributed by atoms with Gasteiger partial charge in [0.05, 0.1) is 6.54 Å². The summed E-state index contributed by atoms with van der Waals surface area (Å²) >= 11 is 0.554. The lowest BCUT2D eigenvalue weighted by atomic mass is 9.81. The van der Waals surface area contributed by atoms with Gasteiger partial charge < -0.3 is 5.32 Å². The van der Waals surface area contributed by atoms with E-state index in [0.29, 0.717) is 27.7 Å². The van der Waals surface area contributed by atoms with Crippen LogP contribution in [0, 0.1) is 5.92 Å². The number of fused-ring (bicyclic) bond motifs is 1. The van der Waals surface area contributed by atoms with Gasteiger partial charge in [-0.05, 0) is 54.0 Å². The molecule has 1 heterocycles. The molecule has 1 N–H and O–H groups in total. The number of halogens is 3. The Hall–Kier alpha value is -2.15. The minimum Gasteiger partial charge on any atom is -0.347 e. The molecule has 0 unspecified atom stereocenters. The van der Waals surface area contributed by atoms with Crippen LogP contribution in [0.25, 0.3) is 5.57 Å². The fraction of sp³-hybridized carbons (Fsp3) is 0.429. The Morgan fingerprint density at radius 3 is 2.71 bits per heavy atom. The van der Waals surface area contributed by atoms with Gasteiger partial charge >= 0.3 is 6.18 Å². The van der Waals surface area contributed by atoms with Crippen LogP contribution in [0.15, 0.2) is 30.5 Å². The van der Waals surface area contributed by atoms with E-state index in [4.69, 9.17) is 0 Å². The third-order valence-corrected chi connectivity index (χ3v) is 6.53. The Morgan fingerprint density at radius 2 is 2.00 bits per heavy atom. The van der Waals surface area contributed by atoms with Crippen LogP contribution < -0.4 is 5.32 Å². The average molecular weight is 406 g/mol. The van der Waals surface area contributed by atoms with Gasteiger partial charge in [0.2, 0.25) is 0 Å². The monoisotopic (exact) mass is 406 g/mol. The molecule has 0 radical (unpaired) electrons. The van der Waals surface area contributed by atoms with E-state index in [1.807, 2.05) is 18.2 Å². The summed E-state index contributed by atoms with van der Waals surface area (Å²) in [5, 5.41) is 1.80. The van der Waals surface area contributed by atoms with Crippen molar-refractivity contribution in [2.75, 3.05) is 0 Å². The maximum atomic E-state index is 12.6. The lowest BCUT2D eigenvalue weighted by molar-refractivity contribution is -0.137. The molecule has 148 valence electrons. The van der Waals surface area contributed by atoms with Crippen molar-refractivity contribution in [3.05, 3.63) is 57.0 Å². The molecule has 7 heteroatoms. The zero-order valence-electron chi connectivity index (χ0n) is 15.3. The zero-order valence-corrected chi connectivity index (χ0v) is 16.1. The van der Waals surface area contributed by atoms with Gasteiger partial charge in [-0.15, -0.1) is 11.3 Å². The van der Waals surface area contributed by atoms with Crippen molar-refractivity contribution in [3.8, 4) is 0 Å². The topological polar surface area (TPSA) is 42.0 Å². The molecule has 1 aromatic carbocycles.